The van der Waals surface area contributed by atoms with E-state index in [0.29, 0.717) is 25.7 Å². The van der Waals surface area contributed by atoms with Crippen molar-refractivity contribution in [2.75, 3.05) is 0 Å². The van der Waals surface area contributed by atoms with Crippen LogP contribution in [0.25, 0.3) is 0 Å². The lowest BCUT2D eigenvalue weighted by Gasteiger charge is -2.40. The third-order valence-electron chi connectivity index (χ3n) is 4.42. The second kappa shape index (κ2) is 6.37. The predicted molar refractivity (Wildman–Crippen MR) is 83.0 cm³/mol. The zero-order chi connectivity index (χ0) is 16.4. The molecule has 1 atom stereocenters. The molecule has 3 nitrogen and oxygen atoms in total. The van der Waals surface area contributed by atoms with Gasteiger partial charge < -0.3 is 9.84 Å². The molecule has 1 aliphatic carbocycles. The lowest BCUT2D eigenvalue weighted by Crippen LogP contribution is -2.42. The van der Waals surface area contributed by atoms with Crippen molar-refractivity contribution in [1.82, 2.24) is 0 Å². The maximum absolute atomic E-state index is 14.0. The van der Waals surface area contributed by atoms with Crippen molar-refractivity contribution in [2.24, 2.45) is 5.92 Å². The molecule has 0 saturated heterocycles. The summed E-state index contributed by atoms with van der Waals surface area (Å²) >= 11 is 0. The Hall–Kier alpha value is -1.42. The highest BCUT2D eigenvalue weighted by molar-refractivity contribution is 5.73. The smallest absolute Gasteiger partial charge is 0.309 e. The number of carbonyl (C=O) groups excluding carboxylic acids is 1. The van der Waals surface area contributed by atoms with E-state index in [-0.39, 0.29) is 11.9 Å². The Kier molecular flexibility index (Phi) is 4.90. The number of benzene rings is 1. The molecule has 0 amide bonds. The van der Waals surface area contributed by atoms with Crippen molar-refractivity contribution < 1.29 is 19.0 Å². The summed E-state index contributed by atoms with van der Waals surface area (Å²) in [6.45, 7) is 5.52. The largest absolute Gasteiger partial charge is 0.460 e. The third kappa shape index (κ3) is 3.67. The Bertz CT molecular complexity index is 497. The molecule has 2 rings (SSSR count). The summed E-state index contributed by atoms with van der Waals surface area (Å²) in [5.41, 5.74) is -0.614. The fourth-order valence-corrected chi connectivity index (χ4v) is 3.19. The van der Waals surface area contributed by atoms with Crippen LogP contribution < -0.4 is 0 Å². The van der Waals surface area contributed by atoms with Crippen molar-refractivity contribution in [3.05, 3.63) is 35.9 Å². The predicted octanol–water partition coefficient (Wildman–Crippen LogP) is 3.74. The van der Waals surface area contributed by atoms with Crippen LogP contribution in [0.5, 0.6) is 0 Å². The molecule has 0 heterocycles. The molecule has 122 valence electrons. The molecule has 1 unspecified atom stereocenters. The standard InChI is InChI=1S/C18H25FO3/c1-17(2,3)22-15(20)13-9-11-18(12-10-13,16(19)21)14-7-5-4-6-8-14/h4-8,13,16,21H,9-12H2,1-3H3. The highest BCUT2D eigenvalue weighted by atomic mass is 19.1. The van der Waals surface area contributed by atoms with Gasteiger partial charge in [0.05, 0.1) is 11.3 Å². The summed E-state index contributed by atoms with van der Waals surface area (Å²) in [6.07, 6.45) is 0.0294. The van der Waals surface area contributed by atoms with Gasteiger partial charge in [0.2, 0.25) is 6.36 Å². The molecule has 1 aromatic carbocycles. The first-order valence-corrected chi connectivity index (χ1v) is 7.85. The van der Waals surface area contributed by atoms with Crippen LogP contribution in [-0.2, 0) is 14.9 Å². The minimum absolute atomic E-state index is 0.213. The van der Waals surface area contributed by atoms with Gasteiger partial charge >= 0.3 is 5.97 Å². The van der Waals surface area contributed by atoms with Crippen molar-refractivity contribution in [1.29, 1.82) is 0 Å². The van der Waals surface area contributed by atoms with Gasteiger partial charge in [-0.3, -0.25) is 4.79 Å². The second-order valence-corrected chi connectivity index (χ2v) is 7.17. The molecule has 0 spiro atoms. The number of ether oxygens (including phenoxy) is 1. The highest BCUT2D eigenvalue weighted by Gasteiger charge is 2.45. The Morgan fingerprint density at radius 2 is 1.82 bits per heavy atom. The zero-order valence-corrected chi connectivity index (χ0v) is 13.5. The molecule has 1 fully saturated rings. The lowest BCUT2D eigenvalue weighted by atomic mass is 9.66. The van der Waals surface area contributed by atoms with Crippen LogP contribution >= 0.6 is 0 Å². The minimum atomic E-state index is -1.92. The fraction of sp³-hybridized carbons (Fsp3) is 0.611. The van der Waals surface area contributed by atoms with E-state index < -0.39 is 17.4 Å². The summed E-state index contributed by atoms with van der Waals surface area (Å²) in [4.78, 5) is 12.2. The molecule has 1 N–H and O–H groups in total. The van der Waals surface area contributed by atoms with Crippen molar-refractivity contribution in [3.63, 3.8) is 0 Å². The highest BCUT2D eigenvalue weighted by Crippen LogP contribution is 2.45. The van der Waals surface area contributed by atoms with Gasteiger partial charge in [-0.15, -0.1) is 0 Å². The number of carbonyl (C=O) groups is 1. The Morgan fingerprint density at radius 1 is 1.27 bits per heavy atom. The molecule has 1 saturated carbocycles. The normalized spacial score (nSPS) is 27.2. The molecule has 0 aliphatic heterocycles. The molecule has 22 heavy (non-hydrogen) atoms. The van der Waals surface area contributed by atoms with Crippen LogP contribution in [0.3, 0.4) is 0 Å². The first-order valence-electron chi connectivity index (χ1n) is 7.85. The van der Waals surface area contributed by atoms with E-state index in [1.165, 1.54) is 0 Å². The van der Waals surface area contributed by atoms with Gasteiger partial charge in [0.25, 0.3) is 0 Å². The Morgan fingerprint density at radius 3 is 2.27 bits per heavy atom. The average molecular weight is 308 g/mol. The van der Waals surface area contributed by atoms with Crippen LogP contribution in [0.4, 0.5) is 4.39 Å². The molecular weight excluding hydrogens is 283 g/mol. The van der Waals surface area contributed by atoms with Gasteiger partial charge in [0, 0.05) is 0 Å². The number of aliphatic hydroxyl groups excluding tert-OH is 1. The first-order chi connectivity index (χ1) is 10.2. The van der Waals surface area contributed by atoms with Gasteiger partial charge in [-0.25, -0.2) is 4.39 Å². The maximum atomic E-state index is 14.0. The number of alkyl halides is 1. The number of hydrogen-bond acceptors (Lipinski definition) is 3. The van der Waals surface area contributed by atoms with Crippen LogP contribution in [0.2, 0.25) is 0 Å². The van der Waals surface area contributed by atoms with Crippen LogP contribution in [-0.4, -0.2) is 23.0 Å². The first kappa shape index (κ1) is 16.9. The third-order valence-corrected chi connectivity index (χ3v) is 4.42. The van der Waals surface area contributed by atoms with Gasteiger partial charge in [-0.05, 0) is 52.0 Å². The number of aliphatic hydroxyl groups is 1. The van der Waals surface area contributed by atoms with Gasteiger partial charge in [-0.1, -0.05) is 30.3 Å². The topological polar surface area (TPSA) is 46.5 Å². The molecule has 4 heteroatoms. The van der Waals surface area contributed by atoms with Gasteiger partial charge in [-0.2, -0.15) is 0 Å². The monoisotopic (exact) mass is 308 g/mol. The van der Waals surface area contributed by atoms with Gasteiger partial charge in [0.1, 0.15) is 5.60 Å². The number of hydrogen-bond donors (Lipinski definition) is 1. The van der Waals surface area contributed by atoms with E-state index in [4.69, 9.17) is 4.74 Å². The van der Waals surface area contributed by atoms with E-state index in [1.807, 2.05) is 51.1 Å². The number of rotatable bonds is 3. The summed E-state index contributed by atoms with van der Waals surface area (Å²) in [6, 6.07) is 9.25. The molecule has 0 aromatic heterocycles. The van der Waals surface area contributed by atoms with Crippen LogP contribution in [0, 0.1) is 5.92 Å². The number of halogens is 1. The Labute approximate surface area is 131 Å². The van der Waals surface area contributed by atoms with E-state index in [9.17, 15) is 14.3 Å². The second-order valence-electron chi connectivity index (χ2n) is 7.17. The van der Waals surface area contributed by atoms with E-state index in [1.54, 1.807) is 0 Å². The molecule has 0 bridgehead atoms. The van der Waals surface area contributed by atoms with Gasteiger partial charge in [0.15, 0.2) is 0 Å². The van der Waals surface area contributed by atoms with Crippen molar-refractivity contribution in [3.8, 4) is 0 Å². The molecule has 1 aromatic rings. The van der Waals surface area contributed by atoms with E-state index >= 15 is 0 Å². The van der Waals surface area contributed by atoms with Crippen LogP contribution in [0.15, 0.2) is 30.3 Å². The molecule has 0 radical (unpaired) electrons. The molecular formula is C18H25FO3. The summed E-state index contributed by atoms with van der Waals surface area (Å²) in [7, 11) is 0. The maximum Gasteiger partial charge on any atom is 0.309 e. The lowest BCUT2D eigenvalue weighted by molar-refractivity contribution is -0.162. The quantitative estimate of drug-likeness (QED) is 0.865. The van der Waals surface area contributed by atoms with E-state index in [0.717, 1.165) is 5.56 Å². The summed E-state index contributed by atoms with van der Waals surface area (Å²) in [5, 5.41) is 9.71. The zero-order valence-electron chi connectivity index (χ0n) is 13.5. The number of esters is 1. The fourth-order valence-electron chi connectivity index (χ4n) is 3.19. The minimum Gasteiger partial charge on any atom is -0.460 e. The average Bonchev–Trinajstić information content (AvgIpc) is 2.46. The van der Waals surface area contributed by atoms with E-state index in [2.05, 4.69) is 0 Å². The molecule has 1 aliphatic rings. The SMILES string of the molecule is CC(C)(C)OC(=O)C1CCC(c2ccccc2)(C(O)F)CC1. The van der Waals surface area contributed by atoms with Crippen molar-refractivity contribution in [2.45, 2.75) is 63.8 Å². The van der Waals surface area contributed by atoms with Crippen molar-refractivity contribution >= 4 is 5.97 Å². The Balaban J connectivity index is 2.10. The van der Waals surface area contributed by atoms with Crippen LogP contribution in [0.1, 0.15) is 52.0 Å². The summed E-state index contributed by atoms with van der Waals surface area (Å²) < 4.78 is 19.4. The summed E-state index contributed by atoms with van der Waals surface area (Å²) in [5.74, 6) is -0.433.